The van der Waals surface area contributed by atoms with E-state index in [-0.39, 0.29) is 5.91 Å². The molecule has 8 heteroatoms. The summed E-state index contributed by atoms with van der Waals surface area (Å²) in [7, 11) is -3.29. The van der Waals surface area contributed by atoms with Crippen molar-refractivity contribution < 1.29 is 17.9 Å². The molecule has 4 N–H and O–H groups in total. The maximum Gasteiger partial charge on any atom is 0.239 e. The van der Waals surface area contributed by atoms with Gasteiger partial charge in [-0.25, -0.2) is 8.42 Å². The Balaban J connectivity index is 2.38. The lowest BCUT2D eigenvalue weighted by Crippen LogP contribution is -2.52. The van der Waals surface area contributed by atoms with Crippen LogP contribution in [0.5, 0.6) is 5.75 Å². The van der Waals surface area contributed by atoms with Crippen molar-refractivity contribution in [2.24, 2.45) is 5.73 Å². The Morgan fingerprint density at radius 1 is 1.30 bits per heavy atom. The first-order chi connectivity index (χ1) is 10.6. The lowest BCUT2D eigenvalue weighted by Gasteiger charge is -2.22. The maximum absolute atomic E-state index is 11.9. The summed E-state index contributed by atoms with van der Waals surface area (Å²) in [6.45, 7) is 4.33. The first kappa shape index (κ1) is 19.2. The van der Waals surface area contributed by atoms with Crippen molar-refractivity contribution in [2.75, 3.05) is 24.1 Å². The van der Waals surface area contributed by atoms with Crippen LogP contribution in [0.25, 0.3) is 0 Å². The van der Waals surface area contributed by atoms with Crippen molar-refractivity contribution in [3.05, 3.63) is 24.3 Å². The number of amides is 1. The molecule has 0 aliphatic rings. The molecule has 0 heterocycles. The van der Waals surface area contributed by atoms with Crippen molar-refractivity contribution in [1.29, 1.82) is 0 Å². The van der Waals surface area contributed by atoms with E-state index in [1.165, 1.54) is 0 Å². The third-order valence-electron chi connectivity index (χ3n) is 3.10. The predicted octanol–water partition coefficient (Wildman–Crippen LogP) is 1.07. The highest BCUT2D eigenvalue weighted by Gasteiger charge is 2.26. The van der Waals surface area contributed by atoms with Gasteiger partial charge in [0.15, 0.2) is 0 Å². The summed E-state index contributed by atoms with van der Waals surface area (Å²) < 4.78 is 30.0. The van der Waals surface area contributed by atoms with E-state index in [1.54, 1.807) is 31.2 Å². The Labute approximate surface area is 137 Å². The van der Waals surface area contributed by atoms with Gasteiger partial charge in [0.25, 0.3) is 0 Å². The number of benzene rings is 1. The molecule has 1 unspecified atom stereocenters. The molecule has 0 bridgehead atoms. The van der Waals surface area contributed by atoms with Crippen molar-refractivity contribution in [3.63, 3.8) is 0 Å². The largest absolute Gasteiger partial charge is 0.492 e. The number of carbonyl (C=O) groups is 1. The van der Waals surface area contributed by atoms with E-state index in [1.807, 2.05) is 6.92 Å². The quantitative estimate of drug-likeness (QED) is 0.581. The van der Waals surface area contributed by atoms with Gasteiger partial charge in [-0.2, -0.15) is 0 Å². The second-order valence-electron chi connectivity index (χ2n) is 5.67. The molecule has 1 amide bonds. The van der Waals surface area contributed by atoms with Crippen LogP contribution in [0.1, 0.15) is 26.7 Å². The first-order valence-electron chi connectivity index (χ1n) is 7.42. The van der Waals surface area contributed by atoms with E-state index >= 15 is 0 Å². The molecule has 7 nitrogen and oxygen atoms in total. The minimum absolute atomic E-state index is 0.198. The summed E-state index contributed by atoms with van der Waals surface area (Å²) >= 11 is 0. The van der Waals surface area contributed by atoms with Crippen LogP contribution in [-0.2, 0) is 14.8 Å². The van der Waals surface area contributed by atoms with Crippen molar-refractivity contribution >= 4 is 21.6 Å². The normalized spacial score (nSPS) is 13.9. The molecule has 0 aromatic heterocycles. The lowest BCUT2D eigenvalue weighted by atomic mass is 9.97. The first-order valence-corrected chi connectivity index (χ1v) is 9.31. The number of ether oxygens (including phenoxy) is 1. The fourth-order valence-electron chi connectivity index (χ4n) is 2.00. The van der Waals surface area contributed by atoms with E-state index in [9.17, 15) is 13.2 Å². The van der Waals surface area contributed by atoms with Crippen LogP contribution in [0.15, 0.2) is 24.3 Å². The zero-order chi connectivity index (χ0) is 17.5. The minimum atomic E-state index is -3.29. The highest BCUT2D eigenvalue weighted by Crippen LogP contribution is 2.16. The van der Waals surface area contributed by atoms with Gasteiger partial charge in [-0.3, -0.25) is 9.52 Å². The van der Waals surface area contributed by atoms with Gasteiger partial charge in [-0.05, 0) is 37.6 Å². The molecule has 0 fully saturated rings. The van der Waals surface area contributed by atoms with Gasteiger partial charge in [0.2, 0.25) is 15.9 Å². The molecular weight excluding hydrogens is 318 g/mol. The van der Waals surface area contributed by atoms with Crippen LogP contribution in [0, 0.1) is 0 Å². The number of rotatable bonds is 9. The number of nitrogens with one attached hydrogen (secondary N) is 2. The average Bonchev–Trinajstić information content (AvgIpc) is 2.43. The fraction of sp³-hybridized carbons (Fsp3) is 0.533. The molecule has 0 saturated carbocycles. The summed E-state index contributed by atoms with van der Waals surface area (Å²) in [6.07, 6.45) is 2.54. The van der Waals surface area contributed by atoms with Gasteiger partial charge in [-0.15, -0.1) is 0 Å². The summed E-state index contributed by atoms with van der Waals surface area (Å²) in [5, 5.41) is 2.74. The maximum atomic E-state index is 11.9. The molecule has 0 saturated heterocycles. The number of anilines is 1. The van der Waals surface area contributed by atoms with Gasteiger partial charge in [0, 0.05) is 5.69 Å². The van der Waals surface area contributed by atoms with Gasteiger partial charge >= 0.3 is 0 Å². The second-order valence-corrected chi connectivity index (χ2v) is 7.42. The van der Waals surface area contributed by atoms with E-state index in [0.29, 0.717) is 31.0 Å². The summed E-state index contributed by atoms with van der Waals surface area (Å²) in [5.74, 6) is 0.387. The fourth-order valence-corrected chi connectivity index (χ4v) is 2.57. The van der Waals surface area contributed by atoms with E-state index in [4.69, 9.17) is 10.5 Å². The Morgan fingerprint density at radius 3 is 2.43 bits per heavy atom. The topological polar surface area (TPSA) is 111 Å². The predicted molar refractivity (Wildman–Crippen MR) is 90.9 cm³/mol. The number of sulfonamides is 1. The summed E-state index contributed by atoms with van der Waals surface area (Å²) in [5.41, 5.74) is 5.52. The van der Waals surface area contributed by atoms with Crippen LogP contribution in [0.3, 0.4) is 0 Å². The van der Waals surface area contributed by atoms with Gasteiger partial charge in [-0.1, -0.05) is 13.3 Å². The average molecular weight is 343 g/mol. The van der Waals surface area contributed by atoms with Crippen LogP contribution in [0.2, 0.25) is 0 Å². The molecule has 0 radical (unpaired) electrons. The Kier molecular flexibility index (Phi) is 6.83. The molecule has 1 aromatic carbocycles. The van der Waals surface area contributed by atoms with Crippen LogP contribution in [0.4, 0.5) is 5.69 Å². The Bertz CT molecular complexity index is 612. The standard InChI is InChI=1S/C15H25N3O4S/c1-4-9-15(2,16)14(19)17-10-11-22-13-7-5-12(6-8-13)18-23(3,20)21/h5-8,18H,4,9-11,16H2,1-3H3,(H,17,19). The molecule has 0 aliphatic heterocycles. The highest BCUT2D eigenvalue weighted by atomic mass is 32.2. The number of hydrogen-bond acceptors (Lipinski definition) is 5. The van der Waals surface area contributed by atoms with Crippen molar-refractivity contribution in [3.8, 4) is 5.75 Å². The zero-order valence-electron chi connectivity index (χ0n) is 13.8. The molecule has 1 rings (SSSR count). The van der Waals surface area contributed by atoms with Gasteiger partial charge in [0.1, 0.15) is 12.4 Å². The minimum Gasteiger partial charge on any atom is -0.492 e. The third kappa shape index (κ3) is 7.34. The number of carbonyl (C=O) groups excluding carboxylic acids is 1. The SMILES string of the molecule is CCCC(C)(N)C(=O)NCCOc1ccc(NS(C)(=O)=O)cc1. The van der Waals surface area contributed by atoms with Gasteiger partial charge < -0.3 is 15.8 Å². The third-order valence-corrected chi connectivity index (χ3v) is 3.71. The molecule has 130 valence electrons. The lowest BCUT2D eigenvalue weighted by molar-refractivity contribution is -0.126. The van der Waals surface area contributed by atoms with Crippen LogP contribution < -0.4 is 20.5 Å². The molecule has 0 spiro atoms. The van der Waals surface area contributed by atoms with Crippen LogP contribution in [-0.4, -0.2) is 39.3 Å². The van der Waals surface area contributed by atoms with Gasteiger partial charge in [0.05, 0.1) is 18.3 Å². The summed E-state index contributed by atoms with van der Waals surface area (Å²) in [6, 6.07) is 6.51. The van der Waals surface area contributed by atoms with E-state index < -0.39 is 15.6 Å². The Morgan fingerprint density at radius 2 is 1.91 bits per heavy atom. The second kappa shape index (κ2) is 8.16. The molecule has 1 atom stereocenters. The van der Waals surface area contributed by atoms with E-state index in [2.05, 4.69) is 10.0 Å². The zero-order valence-corrected chi connectivity index (χ0v) is 14.6. The molecular formula is C15H25N3O4S. The monoisotopic (exact) mass is 343 g/mol. The molecule has 1 aromatic rings. The number of hydrogen-bond donors (Lipinski definition) is 3. The molecule has 0 aliphatic carbocycles. The number of nitrogens with two attached hydrogens (primary N) is 1. The van der Waals surface area contributed by atoms with Crippen molar-refractivity contribution in [1.82, 2.24) is 5.32 Å². The smallest absolute Gasteiger partial charge is 0.239 e. The Hall–Kier alpha value is -1.80. The van der Waals surface area contributed by atoms with Crippen LogP contribution >= 0.6 is 0 Å². The highest BCUT2D eigenvalue weighted by molar-refractivity contribution is 7.92. The van der Waals surface area contributed by atoms with Crippen molar-refractivity contribution in [2.45, 2.75) is 32.2 Å². The molecule has 23 heavy (non-hydrogen) atoms. The summed E-state index contributed by atoms with van der Waals surface area (Å²) in [4.78, 5) is 11.9. The van der Waals surface area contributed by atoms with E-state index in [0.717, 1.165) is 12.7 Å².